The van der Waals surface area contributed by atoms with Crippen LogP contribution < -0.4 is 4.74 Å². The number of ether oxygens (including phenoxy) is 1. The van der Waals surface area contributed by atoms with Crippen LogP contribution in [0.3, 0.4) is 0 Å². The van der Waals surface area contributed by atoms with Gasteiger partial charge in [-0.25, -0.2) is 9.78 Å². The first kappa shape index (κ1) is 23.5. The van der Waals surface area contributed by atoms with Gasteiger partial charge >= 0.3 is 5.97 Å². The minimum absolute atomic E-state index is 0.268. The van der Waals surface area contributed by atoms with Crippen LogP contribution in [-0.4, -0.2) is 20.6 Å². The van der Waals surface area contributed by atoms with Crippen molar-refractivity contribution >= 4 is 28.3 Å². The molecule has 1 aliphatic rings. The summed E-state index contributed by atoms with van der Waals surface area (Å²) < 4.78 is 8.64. The zero-order valence-electron chi connectivity index (χ0n) is 20.5. The number of para-hydroxylation sites is 1. The molecule has 5 nitrogen and oxygen atoms in total. The molecule has 0 amide bonds. The van der Waals surface area contributed by atoms with Crippen LogP contribution in [-0.2, 0) is 6.61 Å². The van der Waals surface area contributed by atoms with Gasteiger partial charge in [0.2, 0.25) is 0 Å². The van der Waals surface area contributed by atoms with Gasteiger partial charge in [-0.05, 0) is 54.8 Å². The Kier molecular flexibility index (Phi) is 6.49. The molecule has 0 bridgehead atoms. The van der Waals surface area contributed by atoms with Gasteiger partial charge < -0.3 is 14.4 Å². The monoisotopic (exact) mass is 508 g/mol. The van der Waals surface area contributed by atoms with E-state index in [2.05, 4.69) is 34.9 Å². The number of hydrogen-bond acceptors (Lipinski definition) is 4. The lowest BCUT2D eigenvalue weighted by Crippen LogP contribution is -2.13. The van der Waals surface area contributed by atoms with Crippen molar-refractivity contribution in [3.05, 3.63) is 95.4 Å². The van der Waals surface area contributed by atoms with E-state index in [9.17, 15) is 9.90 Å². The largest absolute Gasteiger partial charge is 0.487 e. The minimum atomic E-state index is -0.929. The number of benzene rings is 3. The number of imidazole rings is 1. The summed E-state index contributed by atoms with van der Waals surface area (Å²) in [5, 5.41) is 9.49. The fourth-order valence-corrected chi connectivity index (χ4v) is 6.20. The molecule has 0 atom stereocenters. The van der Waals surface area contributed by atoms with Gasteiger partial charge in [0, 0.05) is 16.5 Å². The van der Waals surface area contributed by atoms with Crippen molar-refractivity contribution < 1.29 is 14.6 Å². The van der Waals surface area contributed by atoms with Gasteiger partial charge in [-0.2, -0.15) is 0 Å². The third kappa shape index (κ3) is 4.77. The minimum Gasteiger partial charge on any atom is -0.487 e. The van der Waals surface area contributed by atoms with Crippen LogP contribution >= 0.6 is 11.3 Å². The number of carboxylic acids is 1. The van der Waals surface area contributed by atoms with E-state index in [1.807, 2.05) is 42.5 Å². The van der Waals surface area contributed by atoms with Crippen LogP contribution in [0.1, 0.15) is 53.4 Å². The maximum absolute atomic E-state index is 11.6. The van der Waals surface area contributed by atoms with Crippen LogP contribution in [0.5, 0.6) is 5.75 Å². The highest BCUT2D eigenvalue weighted by Crippen LogP contribution is 2.39. The Morgan fingerprint density at radius 2 is 1.73 bits per heavy atom. The first-order chi connectivity index (χ1) is 18.2. The van der Waals surface area contributed by atoms with Crippen molar-refractivity contribution in [3.63, 3.8) is 0 Å². The second-order valence-electron chi connectivity index (χ2n) is 9.52. The second kappa shape index (κ2) is 10.2. The standard InChI is InChI=1S/C31H28N2O3S/c34-31(35)22-15-17-27-26(19-22)32-30(33(27)23-11-5-2-6-12-23)29-18-16-24(37-29)20-36-28-14-8-7-13-25(28)21-9-3-1-4-10-21/h1,3-4,7-10,13-19,23H,2,5-6,11-12,20H2,(H,34,35). The van der Waals surface area contributed by atoms with Crippen LogP contribution in [0.15, 0.2) is 84.9 Å². The van der Waals surface area contributed by atoms with Gasteiger partial charge in [0.25, 0.3) is 0 Å². The van der Waals surface area contributed by atoms with Crippen LogP contribution in [0.2, 0.25) is 0 Å². The molecule has 6 rings (SSSR count). The normalized spacial score (nSPS) is 14.2. The number of carboxylic acid groups (broad SMARTS) is 1. The van der Waals surface area contributed by atoms with Gasteiger partial charge in [0.15, 0.2) is 5.82 Å². The number of aromatic carboxylic acids is 1. The summed E-state index contributed by atoms with van der Waals surface area (Å²) in [4.78, 5) is 18.7. The van der Waals surface area contributed by atoms with Crippen molar-refractivity contribution in [2.45, 2.75) is 44.8 Å². The number of carbonyl (C=O) groups is 1. The third-order valence-corrected chi connectivity index (χ3v) is 8.15. The summed E-state index contributed by atoms with van der Waals surface area (Å²) >= 11 is 1.69. The summed E-state index contributed by atoms with van der Waals surface area (Å²) in [6, 6.07) is 28.3. The molecule has 37 heavy (non-hydrogen) atoms. The molecule has 0 saturated heterocycles. The maximum atomic E-state index is 11.6. The number of nitrogens with zero attached hydrogens (tertiary/aromatic N) is 2. The molecule has 2 heterocycles. The van der Waals surface area contributed by atoms with Crippen LogP contribution in [0, 0.1) is 0 Å². The van der Waals surface area contributed by atoms with Gasteiger partial charge in [0.05, 0.1) is 21.5 Å². The van der Waals surface area contributed by atoms with Crippen molar-refractivity contribution in [2.24, 2.45) is 0 Å². The molecule has 0 spiro atoms. The van der Waals surface area contributed by atoms with E-state index in [1.54, 1.807) is 23.5 Å². The van der Waals surface area contributed by atoms with E-state index in [4.69, 9.17) is 9.72 Å². The Morgan fingerprint density at radius 3 is 2.54 bits per heavy atom. The number of fused-ring (bicyclic) bond motifs is 1. The summed E-state index contributed by atoms with van der Waals surface area (Å²) in [5.41, 5.74) is 4.23. The molecule has 1 saturated carbocycles. The number of hydrogen-bond donors (Lipinski definition) is 1. The third-order valence-electron chi connectivity index (χ3n) is 7.10. The number of rotatable bonds is 7. The summed E-state index contributed by atoms with van der Waals surface area (Å²) in [6.07, 6.45) is 5.93. The van der Waals surface area contributed by atoms with Gasteiger partial charge in [-0.15, -0.1) is 11.3 Å². The van der Waals surface area contributed by atoms with Gasteiger partial charge in [0.1, 0.15) is 12.4 Å². The quantitative estimate of drug-likeness (QED) is 0.241. The number of thiophene rings is 1. The molecule has 0 radical (unpaired) electrons. The molecular weight excluding hydrogens is 480 g/mol. The van der Waals surface area contributed by atoms with Gasteiger partial charge in [-0.3, -0.25) is 0 Å². The average molecular weight is 509 g/mol. The Bertz CT molecular complexity index is 1550. The molecule has 186 valence electrons. The van der Waals surface area contributed by atoms with Gasteiger partial charge in [-0.1, -0.05) is 67.8 Å². The topological polar surface area (TPSA) is 64.3 Å². The lowest BCUT2D eigenvalue weighted by Gasteiger charge is -2.25. The molecule has 3 aromatic carbocycles. The summed E-state index contributed by atoms with van der Waals surface area (Å²) in [7, 11) is 0. The van der Waals surface area contributed by atoms with Crippen molar-refractivity contribution in [1.29, 1.82) is 0 Å². The molecular formula is C31H28N2O3S. The Balaban J connectivity index is 1.31. The van der Waals surface area contributed by atoms with Crippen LogP contribution in [0.25, 0.3) is 32.9 Å². The smallest absolute Gasteiger partial charge is 0.335 e. The average Bonchev–Trinajstić information content (AvgIpc) is 3.57. The van der Waals surface area contributed by atoms with E-state index in [-0.39, 0.29) is 5.56 Å². The first-order valence-electron chi connectivity index (χ1n) is 12.8. The van der Waals surface area contributed by atoms with E-state index in [0.717, 1.165) is 56.3 Å². The zero-order valence-corrected chi connectivity index (χ0v) is 21.3. The fourth-order valence-electron chi connectivity index (χ4n) is 5.29. The number of aromatic nitrogens is 2. The van der Waals surface area contributed by atoms with E-state index in [1.165, 1.54) is 19.3 Å². The Morgan fingerprint density at radius 1 is 0.946 bits per heavy atom. The Labute approximate surface area is 220 Å². The second-order valence-corrected chi connectivity index (χ2v) is 10.7. The highest BCUT2D eigenvalue weighted by molar-refractivity contribution is 7.15. The maximum Gasteiger partial charge on any atom is 0.335 e. The van der Waals surface area contributed by atoms with Crippen LogP contribution in [0.4, 0.5) is 0 Å². The fraction of sp³-hybridized carbons (Fsp3) is 0.226. The molecule has 1 fully saturated rings. The highest BCUT2D eigenvalue weighted by Gasteiger charge is 2.24. The first-order valence-corrected chi connectivity index (χ1v) is 13.6. The molecule has 1 N–H and O–H groups in total. The molecule has 1 aliphatic carbocycles. The van der Waals surface area contributed by atoms with E-state index < -0.39 is 5.97 Å². The summed E-state index contributed by atoms with van der Waals surface area (Å²) in [6.45, 7) is 0.474. The molecule has 0 aliphatic heterocycles. The van der Waals surface area contributed by atoms with Crippen molar-refractivity contribution in [3.8, 4) is 27.6 Å². The molecule has 2 aromatic heterocycles. The van der Waals surface area contributed by atoms with E-state index >= 15 is 0 Å². The molecule has 0 unspecified atom stereocenters. The lowest BCUT2D eigenvalue weighted by molar-refractivity contribution is 0.0697. The highest BCUT2D eigenvalue weighted by atomic mass is 32.1. The predicted molar refractivity (Wildman–Crippen MR) is 148 cm³/mol. The molecule has 5 aromatic rings. The predicted octanol–water partition coefficient (Wildman–Crippen LogP) is 8.21. The summed E-state index contributed by atoms with van der Waals surface area (Å²) in [5.74, 6) is 0.853. The van der Waals surface area contributed by atoms with Crippen molar-refractivity contribution in [2.75, 3.05) is 0 Å². The zero-order chi connectivity index (χ0) is 25.2. The SMILES string of the molecule is O=C(O)c1ccc2c(c1)nc(-c1ccc(COc3ccccc3-c3ccccc3)s1)n2C1CCCCC1. The molecule has 6 heteroatoms. The lowest BCUT2D eigenvalue weighted by atomic mass is 9.95. The van der Waals surface area contributed by atoms with Crippen molar-refractivity contribution in [1.82, 2.24) is 9.55 Å². The van der Waals surface area contributed by atoms with E-state index in [0.29, 0.717) is 12.6 Å². The Hall–Kier alpha value is -3.90.